The summed E-state index contributed by atoms with van der Waals surface area (Å²) < 4.78 is 5.88. The molecule has 0 aliphatic carbocycles. The fourth-order valence-corrected chi connectivity index (χ4v) is 4.52. The largest absolute Gasteiger partial charge is 0.363 e. The minimum absolute atomic E-state index is 0.0517. The Hall–Kier alpha value is -2.31. The standard InChI is InChI=1S/C22H26N4O2/c27-22(20-17-6-2-1-5-15(17)9-12-28-20)26-11-8-18-16(14-26)13-24-21(25-18)19-7-3-4-10-23-19/h1-2,5-6,13,19-20,23H,3-4,7-12,14H2/t19-,20+/m0/s1. The minimum Gasteiger partial charge on any atom is -0.363 e. The van der Waals surface area contributed by atoms with Crippen molar-refractivity contribution < 1.29 is 9.53 Å². The van der Waals surface area contributed by atoms with Crippen LogP contribution in [0.3, 0.4) is 0 Å². The summed E-state index contributed by atoms with van der Waals surface area (Å²) in [6.07, 6.45) is 6.63. The fourth-order valence-electron chi connectivity index (χ4n) is 4.52. The highest BCUT2D eigenvalue weighted by molar-refractivity contribution is 5.83. The first-order chi connectivity index (χ1) is 13.8. The molecule has 3 aliphatic heterocycles. The topological polar surface area (TPSA) is 67.3 Å². The van der Waals surface area contributed by atoms with E-state index >= 15 is 0 Å². The second-order valence-electron chi connectivity index (χ2n) is 7.91. The van der Waals surface area contributed by atoms with E-state index in [2.05, 4.69) is 16.4 Å². The molecule has 6 heteroatoms. The molecular formula is C22H26N4O2. The second-order valence-corrected chi connectivity index (χ2v) is 7.91. The average Bonchev–Trinajstić information content (AvgIpc) is 2.78. The van der Waals surface area contributed by atoms with Crippen LogP contribution < -0.4 is 5.32 Å². The summed E-state index contributed by atoms with van der Waals surface area (Å²) in [5.41, 5.74) is 4.38. The van der Waals surface area contributed by atoms with Gasteiger partial charge in [0.2, 0.25) is 0 Å². The van der Waals surface area contributed by atoms with Gasteiger partial charge in [0.15, 0.2) is 6.10 Å². The summed E-state index contributed by atoms with van der Waals surface area (Å²) in [4.78, 5) is 24.5. The van der Waals surface area contributed by atoms with Gasteiger partial charge in [-0.1, -0.05) is 30.7 Å². The molecule has 3 aliphatic rings. The Balaban J connectivity index is 1.33. The molecule has 0 saturated carbocycles. The molecule has 1 amide bonds. The Labute approximate surface area is 165 Å². The van der Waals surface area contributed by atoms with Crippen molar-refractivity contribution in [1.82, 2.24) is 20.2 Å². The number of amides is 1. The number of rotatable bonds is 2. The smallest absolute Gasteiger partial charge is 0.256 e. The van der Waals surface area contributed by atoms with Gasteiger partial charge in [-0.25, -0.2) is 9.97 Å². The Bertz CT molecular complexity index is 879. The van der Waals surface area contributed by atoms with E-state index in [1.165, 1.54) is 18.4 Å². The van der Waals surface area contributed by atoms with E-state index in [1.54, 1.807) is 0 Å². The molecule has 4 heterocycles. The average molecular weight is 378 g/mol. The number of nitrogens with one attached hydrogen (secondary N) is 1. The summed E-state index contributed by atoms with van der Waals surface area (Å²) >= 11 is 0. The molecule has 0 radical (unpaired) electrons. The molecular weight excluding hydrogens is 352 g/mol. The lowest BCUT2D eigenvalue weighted by molar-refractivity contribution is -0.146. The van der Waals surface area contributed by atoms with Gasteiger partial charge in [-0.3, -0.25) is 4.79 Å². The lowest BCUT2D eigenvalue weighted by Crippen LogP contribution is -2.41. The highest BCUT2D eigenvalue weighted by Crippen LogP contribution is 2.30. The van der Waals surface area contributed by atoms with Crippen LogP contribution in [0.4, 0.5) is 0 Å². The maximum absolute atomic E-state index is 13.2. The first-order valence-electron chi connectivity index (χ1n) is 10.4. The van der Waals surface area contributed by atoms with Crippen molar-refractivity contribution in [3.05, 3.63) is 58.7 Å². The number of benzene rings is 1. The molecule has 1 fully saturated rings. The maximum Gasteiger partial charge on any atom is 0.256 e. The van der Waals surface area contributed by atoms with E-state index in [1.807, 2.05) is 29.3 Å². The summed E-state index contributed by atoms with van der Waals surface area (Å²) in [6.45, 7) is 2.88. The molecule has 1 aromatic carbocycles. The third kappa shape index (κ3) is 3.31. The van der Waals surface area contributed by atoms with Crippen LogP contribution >= 0.6 is 0 Å². The van der Waals surface area contributed by atoms with Crippen LogP contribution in [0.5, 0.6) is 0 Å². The van der Waals surface area contributed by atoms with Gasteiger partial charge in [-0.05, 0) is 36.9 Å². The van der Waals surface area contributed by atoms with E-state index < -0.39 is 6.10 Å². The van der Waals surface area contributed by atoms with Crippen molar-refractivity contribution in [2.24, 2.45) is 0 Å². The van der Waals surface area contributed by atoms with E-state index in [9.17, 15) is 4.79 Å². The molecule has 5 rings (SSSR count). The first kappa shape index (κ1) is 17.8. The Kier molecular flexibility index (Phi) is 4.82. The predicted octanol–water partition coefficient (Wildman–Crippen LogP) is 2.49. The normalized spacial score (nSPS) is 24.4. The second kappa shape index (κ2) is 7.60. The van der Waals surface area contributed by atoms with Gasteiger partial charge in [-0.15, -0.1) is 0 Å². The summed E-state index contributed by atoms with van der Waals surface area (Å²) in [6, 6.07) is 8.39. The lowest BCUT2D eigenvalue weighted by atomic mass is 9.96. The quantitative estimate of drug-likeness (QED) is 0.870. The minimum atomic E-state index is -0.488. The monoisotopic (exact) mass is 378 g/mol. The summed E-state index contributed by atoms with van der Waals surface area (Å²) in [7, 11) is 0. The highest BCUT2D eigenvalue weighted by Gasteiger charge is 2.33. The number of ether oxygens (including phenoxy) is 1. The summed E-state index contributed by atoms with van der Waals surface area (Å²) in [5, 5.41) is 3.52. The van der Waals surface area contributed by atoms with Crippen molar-refractivity contribution in [3.63, 3.8) is 0 Å². The summed E-state index contributed by atoms with van der Waals surface area (Å²) in [5.74, 6) is 0.957. The number of nitrogens with zero attached hydrogens (tertiary/aromatic N) is 3. The molecule has 1 N–H and O–H groups in total. The number of hydrogen-bond acceptors (Lipinski definition) is 5. The van der Waals surface area contributed by atoms with Crippen LogP contribution in [0.1, 0.15) is 59.6 Å². The zero-order valence-electron chi connectivity index (χ0n) is 16.1. The van der Waals surface area contributed by atoms with Gasteiger partial charge >= 0.3 is 0 Å². The third-order valence-corrected chi connectivity index (χ3v) is 6.10. The van der Waals surface area contributed by atoms with Gasteiger partial charge in [0, 0.05) is 31.3 Å². The van der Waals surface area contributed by atoms with E-state index in [-0.39, 0.29) is 11.9 Å². The van der Waals surface area contributed by atoms with Gasteiger partial charge in [-0.2, -0.15) is 0 Å². The van der Waals surface area contributed by atoms with Crippen LogP contribution in [0.15, 0.2) is 30.5 Å². The Morgan fingerprint density at radius 1 is 1.18 bits per heavy atom. The molecule has 0 spiro atoms. The SMILES string of the molecule is O=C([C@@H]1OCCc2ccccc21)N1CCc2nc([C@@H]3CCCCN3)ncc2C1. The van der Waals surface area contributed by atoms with Crippen molar-refractivity contribution in [2.45, 2.75) is 50.8 Å². The zero-order chi connectivity index (χ0) is 18.9. The molecule has 28 heavy (non-hydrogen) atoms. The van der Waals surface area contributed by atoms with E-state index in [0.29, 0.717) is 19.7 Å². The van der Waals surface area contributed by atoms with Crippen LogP contribution in [0.25, 0.3) is 0 Å². The molecule has 2 aromatic rings. The van der Waals surface area contributed by atoms with Crippen molar-refractivity contribution in [3.8, 4) is 0 Å². The maximum atomic E-state index is 13.2. The third-order valence-electron chi connectivity index (χ3n) is 6.10. The molecule has 1 aromatic heterocycles. The van der Waals surface area contributed by atoms with Crippen LogP contribution in [-0.4, -0.2) is 40.5 Å². The van der Waals surface area contributed by atoms with Gasteiger partial charge in [0.1, 0.15) is 5.82 Å². The molecule has 0 unspecified atom stereocenters. The van der Waals surface area contributed by atoms with Crippen molar-refractivity contribution >= 4 is 5.91 Å². The number of aromatic nitrogens is 2. The first-order valence-corrected chi connectivity index (χ1v) is 10.4. The van der Waals surface area contributed by atoms with Gasteiger partial charge in [0.05, 0.1) is 18.3 Å². The molecule has 146 valence electrons. The Morgan fingerprint density at radius 3 is 3.00 bits per heavy atom. The lowest BCUT2D eigenvalue weighted by Gasteiger charge is -2.33. The van der Waals surface area contributed by atoms with Crippen molar-refractivity contribution in [2.75, 3.05) is 19.7 Å². The van der Waals surface area contributed by atoms with Crippen LogP contribution in [0, 0.1) is 0 Å². The van der Waals surface area contributed by atoms with Crippen molar-refractivity contribution in [1.29, 1.82) is 0 Å². The predicted molar refractivity (Wildman–Crippen MR) is 105 cm³/mol. The van der Waals surface area contributed by atoms with Crippen LogP contribution in [-0.2, 0) is 28.9 Å². The number of piperidine rings is 1. The number of hydrogen-bond donors (Lipinski definition) is 1. The zero-order valence-corrected chi connectivity index (χ0v) is 16.1. The number of carbonyl (C=O) groups excluding carboxylic acids is 1. The molecule has 0 bridgehead atoms. The van der Waals surface area contributed by atoms with Crippen LogP contribution in [0.2, 0.25) is 0 Å². The number of carbonyl (C=O) groups is 1. The highest BCUT2D eigenvalue weighted by atomic mass is 16.5. The van der Waals surface area contributed by atoms with Gasteiger partial charge in [0.25, 0.3) is 5.91 Å². The molecule has 1 saturated heterocycles. The Morgan fingerprint density at radius 2 is 2.11 bits per heavy atom. The number of fused-ring (bicyclic) bond motifs is 2. The molecule has 6 nitrogen and oxygen atoms in total. The van der Waals surface area contributed by atoms with E-state index in [4.69, 9.17) is 9.72 Å². The molecule has 2 atom stereocenters. The van der Waals surface area contributed by atoms with E-state index in [0.717, 1.165) is 48.5 Å². The fraction of sp³-hybridized carbons (Fsp3) is 0.500. The van der Waals surface area contributed by atoms with Gasteiger partial charge < -0.3 is 15.0 Å².